The Morgan fingerprint density at radius 3 is 2.61 bits per heavy atom. The van der Waals surface area contributed by atoms with E-state index in [4.69, 9.17) is 16.3 Å². The number of nitrogens with zero attached hydrogens (tertiary/aromatic N) is 1. The van der Waals surface area contributed by atoms with Crippen molar-refractivity contribution in [1.29, 1.82) is 0 Å². The molecule has 1 saturated heterocycles. The smallest absolute Gasteiger partial charge is 0.246 e. The molecule has 2 heterocycles. The Morgan fingerprint density at radius 1 is 1.26 bits per heavy atom. The van der Waals surface area contributed by atoms with Crippen molar-refractivity contribution in [3.8, 4) is 5.75 Å². The molecule has 0 bridgehead atoms. The first-order valence-corrected chi connectivity index (χ1v) is 10.1. The van der Waals surface area contributed by atoms with Crippen LogP contribution in [0, 0.1) is 0 Å². The molecule has 1 aromatic carbocycles. The number of methoxy groups -OCH3 is 1. The first-order valence-electron chi connectivity index (χ1n) is 7.38. The summed E-state index contributed by atoms with van der Waals surface area (Å²) in [5, 5.41) is 4.60. The Balaban J connectivity index is 1.81. The maximum atomic E-state index is 12.9. The van der Waals surface area contributed by atoms with Crippen LogP contribution in [0.25, 0.3) is 0 Å². The molecule has 0 atom stereocenters. The molecule has 2 aromatic rings. The van der Waals surface area contributed by atoms with Gasteiger partial charge >= 0.3 is 0 Å². The maximum absolute atomic E-state index is 12.9. The van der Waals surface area contributed by atoms with Gasteiger partial charge in [0.05, 0.1) is 7.11 Å². The predicted octanol–water partition coefficient (Wildman–Crippen LogP) is 3.98. The molecule has 0 saturated carbocycles. The van der Waals surface area contributed by atoms with Crippen LogP contribution < -0.4 is 4.74 Å². The zero-order valence-electron chi connectivity index (χ0n) is 12.7. The van der Waals surface area contributed by atoms with Crippen LogP contribution in [0.4, 0.5) is 0 Å². The molecular weight excluding hydrogens is 354 g/mol. The van der Waals surface area contributed by atoms with Crippen molar-refractivity contribution in [2.24, 2.45) is 0 Å². The highest BCUT2D eigenvalue weighted by molar-refractivity contribution is 7.89. The molecule has 0 amide bonds. The van der Waals surface area contributed by atoms with Crippen molar-refractivity contribution in [3.05, 3.63) is 45.6 Å². The number of ether oxygens (including phenoxy) is 1. The Hall–Kier alpha value is -1.08. The molecule has 0 N–H and O–H groups in total. The minimum absolute atomic E-state index is 0.140. The van der Waals surface area contributed by atoms with E-state index < -0.39 is 10.0 Å². The van der Waals surface area contributed by atoms with Gasteiger partial charge in [-0.05, 0) is 59.3 Å². The fourth-order valence-corrected chi connectivity index (χ4v) is 5.56. The van der Waals surface area contributed by atoms with Gasteiger partial charge in [0, 0.05) is 18.1 Å². The Kier molecular flexibility index (Phi) is 4.96. The first kappa shape index (κ1) is 16.8. The van der Waals surface area contributed by atoms with E-state index in [2.05, 4.69) is 16.8 Å². The number of hydrogen-bond donors (Lipinski definition) is 0. The van der Waals surface area contributed by atoms with Crippen LogP contribution in [-0.2, 0) is 10.0 Å². The SMILES string of the molecule is COc1ccc(Cl)cc1S(=O)(=O)N1CCC(c2ccsc2)CC1. The summed E-state index contributed by atoms with van der Waals surface area (Å²) >= 11 is 7.65. The van der Waals surface area contributed by atoms with E-state index in [1.54, 1.807) is 23.5 Å². The molecule has 7 heteroatoms. The van der Waals surface area contributed by atoms with Gasteiger partial charge in [0.1, 0.15) is 10.6 Å². The second kappa shape index (κ2) is 6.81. The van der Waals surface area contributed by atoms with Crippen molar-refractivity contribution in [3.63, 3.8) is 0 Å². The van der Waals surface area contributed by atoms with E-state index in [1.165, 1.54) is 23.0 Å². The van der Waals surface area contributed by atoms with Gasteiger partial charge in [-0.15, -0.1) is 0 Å². The normalized spacial score (nSPS) is 17.3. The van der Waals surface area contributed by atoms with E-state index in [0.29, 0.717) is 29.8 Å². The average Bonchev–Trinajstić information content (AvgIpc) is 3.09. The molecule has 4 nitrogen and oxygen atoms in total. The summed E-state index contributed by atoms with van der Waals surface area (Å²) in [7, 11) is -2.13. The van der Waals surface area contributed by atoms with Crippen LogP contribution >= 0.6 is 22.9 Å². The highest BCUT2D eigenvalue weighted by atomic mass is 35.5. The molecule has 0 unspecified atom stereocenters. The summed E-state index contributed by atoms with van der Waals surface area (Å²) in [4.78, 5) is 0.140. The van der Waals surface area contributed by atoms with Gasteiger partial charge in [-0.1, -0.05) is 11.6 Å². The quantitative estimate of drug-likeness (QED) is 0.816. The third-order valence-corrected chi connectivity index (χ3v) is 7.07. The van der Waals surface area contributed by atoms with Crippen LogP contribution in [0.2, 0.25) is 5.02 Å². The molecule has 0 aliphatic carbocycles. The molecule has 3 rings (SSSR count). The van der Waals surface area contributed by atoms with Crippen LogP contribution in [0.15, 0.2) is 39.9 Å². The van der Waals surface area contributed by atoms with E-state index in [-0.39, 0.29) is 4.90 Å². The number of piperidine rings is 1. The number of halogens is 1. The van der Waals surface area contributed by atoms with Crippen LogP contribution in [-0.4, -0.2) is 32.9 Å². The van der Waals surface area contributed by atoms with Gasteiger partial charge in [-0.25, -0.2) is 8.42 Å². The van der Waals surface area contributed by atoms with Crippen molar-refractivity contribution < 1.29 is 13.2 Å². The Bertz CT molecular complexity index is 767. The van der Waals surface area contributed by atoms with E-state index in [0.717, 1.165) is 12.8 Å². The topological polar surface area (TPSA) is 46.6 Å². The van der Waals surface area contributed by atoms with Crippen molar-refractivity contribution in [1.82, 2.24) is 4.31 Å². The lowest BCUT2D eigenvalue weighted by Crippen LogP contribution is -2.38. The maximum Gasteiger partial charge on any atom is 0.246 e. The van der Waals surface area contributed by atoms with Gasteiger partial charge in [0.25, 0.3) is 0 Å². The van der Waals surface area contributed by atoms with Crippen LogP contribution in [0.3, 0.4) is 0 Å². The van der Waals surface area contributed by atoms with Gasteiger partial charge in [-0.3, -0.25) is 0 Å². The fourth-order valence-electron chi connectivity index (χ4n) is 2.93. The number of rotatable bonds is 4. The van der Waals surface area contributed by atoms with E-state index >= 15 is 0 Å². The lowest BCUT2D eigenvalue weighted by Gasteiger charge is -2.31. The number of sulfonamides is 1. The van der Waals surface area contributed by atoms with Gasteiger partial charge < -0.3 is 4.74 Å². The van der Waals surface area contributed by atoms with Crippen LogP contribution in [0.5, 0.6) is 5.75 Å². The summed E-state index contributed by atoms with van der Waals surface area (Å²) < 4.78 is 32.5. The molecule has 1 fully saturated rings. The van der Waals surface area contributed by atoms with E-state index in [9.17, 15) is 8.42 Å². The average molecular weight is 372 g/mol. The third kappa shape index (κ3) is 3.40. The number of hydrogen-bond acceptors (Lipinski definition) is 4. The predicted molar refractivity (Wildman–Crippen MR) is 93.1 cm³/mol. The molecule has 0 spiro atoms. The van der Waals surface area contributed by atoms with Gasteiger partial charge in [0.15, 0.2) is 0 Å². The largest absolute Gasteiger partial charge is 0.495 e. The summed E-state index contributed by atoms with van der Waals surface area (Å²) in [6, 6.07) is 6.80. The minimum atomic E-state index is -3.59. The highest BCUT2D eigenvalue weighted by Crippen LogP contribution is 2.34. The summed E-state index contributed by atoms with van der Waals surface area (Å²) in [5.74, 6) is 0.767. The zero-order valence-corrected chi connectivity index (χ0v) is 15.1. The highest BCUT2D eigenvalue weighted by Gasteiger charge is 2.32. The molecule has 124 valence electrons. The lowest BCUT2D eigenvalue weighted by atomic mass is 9.92. The zero-order chi connectivity index (χ0) is 16.4. The van der Waals surface area contributed by atoms with Crippen molar-refractivity contribution >= 4 is 33.0 Å². The van der Waals surface area contributed by atoms with Crippen molar-refractivity contribution in [2.45, 2.75) is 23.7 Å². The molecule has 0 radical (unpaired) electrons. The minimum Gasteiger partial charge on any atom is -0.495 e. The third-order valence-electron chi connectivity index (χ3n) is 4.21. The number of thiophene rings is 1. The van der Waals surface area contributed by atoms with Crippen LogP contribution in [0.1, 0.15) is 24.3 Å². The lowest BCUT2D eigenvalue weighted by molar-refractivity contribution is 0.317. The Morgan fingerprint density at radius 2 is 2.00 bits per heavy atom. The second-order valence-electron chi connectivity index (χ2n) is 5.53. The first-order chi connectivity index (χ1) is 11.0. The monoisotopic (exact) mass is 371 g/mol. The van der Waals surface area contributed by atoms with Crippen molar-refractivity contribution in [2.75, 3.05) is 20.2 Å². The summed E-state index contributed by atoms with van der Waals surface area (Å²) in [5.41, 5.74) is 1.31. The second-order valence-corrected chi connectivity index (χ2v) is 8.65. The molecule has 1 aliphatic rings. The molecular formula is C16H18ClNO3S2. The standard InChI is InChI=1S/C16H18ClNO3S2/c1-21-15-3-2-14(17)10-16(15)23(19,20)18-7-4-12(5-8-18)13-6-9-22-11-13/h2-3,6,9-12H,4-5,7-8H2,1H3. The van der Waals surface area contributed by atoms with Gasteiger partial charge in [-0.2, -0.15) is 15.6 Å². The molecule has 1 aromatic heterocycles. The Labute approximate surface area is 145 Å². The summed E-state index contributed by atoms with van der Waals surface area (Å²) in [6.07, 6.45) is 1.66. The molecule has 23 heavy (non-hydrogen) atoms. The summed E-state index contributed by atoms with van der Waals surface area (Å²) in [6.45, 7) is 1.02. The molecule has 1 aliphatic heterocycles. The fraction of sp³-hybridized carbons (Fsp3) is 0.375. The van der Waals surface area contributed by atoms with Gasteiger partial charge in [0.2, 0.25) is 10.0 Å². The van der Waals surface area contributed by atoms with E-state index in [1.807, 2.05) is 0 Å². The number of benzene rings is 1.